The third-order valence-electron chi connectivity index (χ3n) is 12.1. The van der Waals surface area contributed by atoms with Crippen molar-refractivity contribution in [3.63, 3.8) is 0 Å². The van der Waals surface area contributed by atoms with Crippen LogP contribution in [0.25, 0.3) is 10.1 Å². The van der Waals surface area contributed by atoms with E-state index in [0.29, 0.717) is 42.9 Å². The number of unbranched alkanes of at least 4 members (excludes halogenated alkanes) is 1. The van der Waals surface area contributed by atoms with Crippen molar-refractivity contribution >= 4 is 51.0 Å². The van der Waals surface area contributed by atoms with Crippen molar-refractivity contribution in [1.29, 1.82) is 0 Å². The monoisotopic (exact) mass is 932 g/mol. The summed E-state index contributed by atoms with van der Waals surface area (Å²) in [5, 5.41) is 27.4. The Morgan fingerprint density at radius 2 is 1.22 bits per heavy atom. The molecule has 8 atom stereocenters. The predicted octanol–water partition coefficient (Wildman–Crippen LogP) is 3.66. The molecule has 0 aliphatic carbocycles. The van der Waals surface area contributed by atoms with Gasteiger partial charge in [-0.15, -0.1) is 11.3 Å². The molecule has 17 heteroatoms. The summed E-state index contributed by atoms with van der Waals surface area (Å²) in [6.07, 6.45) is -2.22. The summed E-state index contributed by atoms with van der Waals surface area (Å²) in [5.74, 6) is -3.90. The fraction of sp³-hybridized carbons (Fsp3) is 0.380. The number of carbonyl (C=O) groups is 5. The van der Waals surface area contributed by atoms with Gasteiger partial charge in [0.2, 0.25) is 23.6 Å². The van der Waals surface area contributed by atoms with E-state index in [1.165, 1.54) is 23.5 Å². The molecule has 4 aromatic carbocycles. The van der Waals surface area contributed by atoms with Gasteiger partial charge in [0.25, 0.3) is 5.91 Å². The molecule has 5 amide bonds. The maximum Gasteiger partial charge on any atom is 0.252 e. The SMILES string of the molecule is CC1(C)OC2C3NC(=O)C(Cc4ccc(OCc5ccccc5)cc4)NC(=O)C(CCCCN)NC(=O)[C@H](Cc4csc5ccccc45)NC(=O)C(Cc4ccc(O)cc4)NC(=O)[C@H]3O[C@@H]2O1. The number of phenols is 1. The van der Waals surface area contributed by atoms with E-state index in [-0.39, 0.29) is 31.4 Å². The van der Waals surface area contributed by atoms with E-state index in [1.807, 2.05) is 60.0 Å². The molecule has 3 aliphatic rings. The highest BCUT2D eigenvalue weighted by molar-refractivity contribution is 7.17. The number of nitrogens with two attached hydrogens (primary N) is 1. The molecule has 16 nitrogen and oxygen atoms in total. The van der Waals surface area contributed by atoms with Gasteiger partial charge in [0.05, 0.1) is 6.04 Å². The molecular weight excluding hydrogens is 877 g/mol. The zero-order valence-corrected chi connectivity index (χ0v) is 38.1. The lowest BCUT2D eigenvalue weighted by Crippen LogP contribution is -2.63. The molecule has 3 saturated heterocycles. The van der Waals surface area contributed by atoms with Gasteiger partial charge in [-0.1, -0.05) is 72.8 Å². The standard InChI is InChI=1S/C50H56N6O10S/c1-50(2)65-43-41-42(64-49(43)66-50)48(62)55-37(24-29-15-19-33(57)20-16-29)45(59)54-39(26-32-28-67-40-14-7-6-12-35(32)40)46(60)52-36(13-8-9-23-51)44(58)53-38(47(61)56-41)25-30-17-21-34(22-18-30)63-27-31-10-4-3-5-11-31/h3-7,10-12,14-22,28,36-39,41-43,49,57H,8-9,13,23-27,51H2,1-2H3,(H,52,60)(H,53,58)(H,54,59)(H,55,62)(H,56,61)/t36?,37?,38?,39-,41?,42-,43?,49+/m0/s1. The van der Waals surface area contributed by atoms with Crippen molar-refractivity contribution in [2.45, 2.75) is 113 Å². The van der Waals surface area contributed by atoms with Crippen LogP contribution in [-0.4, -0.2) is 95.7 Å². The second-order valence-corrected chi connectivity index (χ2v) is 18.5. The van der Waals surface area contributed by atoms with Crippen molar-refractivity contribution < 1.29 is 48.0 Å². The minimum absolute atomic E-state index is 0.00980. The van der Waals surface area contributed by atoms with Gasteiger partial charge < -0.3 is 56.4 Å². The fourth-order valence-electron chi connectivity index (χ4n) is 8.59. The molecule has 8 N–H and O–H groups in total. The lowest BCUT2D eigenvalue weighted by atomic mass is 9.99. The molecule has 0 saturated carbocycles. The molecule has 0 bridgehead atoms. The Balaban J connectivity index is 1.14. The number of hydrogen-bond acceptors (Lipinski definition) is 12. The van der Waals surface area contributed by atoms with Crippen LogP contribution >= 0.6 is 11.3 Å². The van der Waals surface area contributed by atoms with Crippen molar-refractivity contribution in [3.05, 3.63) is 131 Å². The Bertz CT molecular complexity index is 2540. The normalized spacial score (nSPS) is 25.6. The molecule has 67 heavy (non-hydrogen) atoms. The first kappa shape index (κ1) is 47.1. The van der Waals surface area contributed by atoms with Gasteiger partial charge in [-0.25, -0.2) is 0 Å². The molecule has 1 aromatic heterocycles. The van der Waals surface area contributed by atoms with Crippen LogP contribution < -0.4 is 37.1 Å². The number of hydrogen-bond donors (Lipinski definition) is 7. The summed E-state index contributed by atoms with van der Waals surface area (Å²) in [6.45, 7) is 4.08. The number of ether oxygens (including phenoxy) is 4. The average Bonchev–Trinajstić information content (AvgIpc) is 3.97. The summed E-state index contributed by atoms with van der Waals surface area (Å²) >= 11 is 1.50. The highest BCUT2D eigenvalue weighted by atomic mass is 32.1. The number of rotatable bonds is 13. The molecule has 5 unspecified atom stereocenters. The number of phenolic OH excluding ortho intramolecular Hbond substituents is 1. The van der Waals surface area contributed by atoms with Crippen LogP contribution in [0.4, 0.5) is 0 Å². The predicted molar refractivity (Wildman–Crippen MR) is 250 cm³/mol. The number of thiophene rings is 1. The van der Waals surface area contributed by atoms with Crippen LogP contribution in [0.1, 0.15) is 55.4 Å². The molecule has 352 valence electrons. The Kier molecular flexibility index (Phi) is 14.8. The van der Waals surface area contributed by atoms with Gasteiger partial charge in [0.15, 0.2) is 18.2 Å². The Hall–Kier alpha value is -6.37. The number of amides is 5. The summed E-state index contributed by atoms with van der Waals surface area (Å²) in [6, 6.07) is 24.8. The Labute approximate surface area is 392 Å². The lowest BCUT2D eigenvalue weighted by Gasteiger charge is -2.30. The van der Waals surface area contributed by atoms with Gasteiger partial charge in [0, 0.05) is 24.0 Å². The molecule has 3 fully saturated rings. The van der Waals surface area contributed by atoms with Gasteiger partial charge in [-0.2, -0.15) is 0 Å². The Morgan fingerprint density at radius 1 is 0.642 bits per heavy atom. The van der Waals surface area contributed by atoms with E-state index in [0.717, 1.165) is 21.2 Å². The summed E-state index contributed by atoms with van der Waals surface area (Å²) in [4.78, 5) is 73.0. The highest BCUT2D eigenvalue weighted by Gasteiger charge is 2.58. The van der Waals surface area contributed by atoms with E-state index in [4.69, 9.17) is 24.7 Å². The van der Waals surface area contributed by atoms with Gasteiger partial charge >= 0.3 is 0 Å². The summed E-state index contributed by atoms with van der Waals surface area (Å²) in [7, 11) is 0. The van der Waals surface area contributed by atoms with Crippen LogP contribution in [0.15, 0.2) is 109 Å². The number of fused-ring (bicyclic) bond motifs is 4. The molecule has 8 rings (SSSR count). The molecule has 0 spiro atoms. The van der Waals surface area contributed by atoms with E-state index in [9.17, 15) is 29.1 Å². The highest BCUT2D eigenvalue weighted by Crippen LogP contribution is 2.38. The van der Waals surface area contributed by atoms with E-state index < -0.39 is 84.0 Å². The second-order valence-electron chi connectivity index (χ2n) is 17.5. The average molecular weight is 933 g/mol. The zero-order chi connectivity index (χ0) is 47.1. The van der Waals surface area contributed by atoms with E-state index in [2.05, 4.69) is 26.6 Å². The maximum atomic E-state index is 14.7. The van der Waals surface area contributed by atoms with E-state index in [1.54, 1.807) is 50.2 Å². The van der Waals surface area contributed by atoms with Crippen molar-refractivity contribution in [2.75, 3.05) is 6.54 Å². The van der Waals surface area contributed by atoms with Gasteiger partial charge in [-0.3, -0.25) is 24.0 Å². The van der Waals surface area contributed by atoms with Crippen LogP contribution in [0.5, 0.6) is 11.5 Å². The smallest absolute Gasteiger partial charge is 0.252 e. The minimum atomic E-state index is -1.42. The topological polar surface area (TPSA) is 229 Å². The third-order valence-corrected chi connectivity index (χ3v) is 13.1. The Morgan fingerprint density at radius 3 is 1.91 bits per heavy atom. The summed E-state index contributed by atoms with van der Waals surface area (Å²) < 4.78 is 25.4. The minimum Gasteiger partial charge on any atom is -0.508 e. The first-order valence-electron chi connectivity index (χ1n) is 22.5. The van der Waals surface area contributed by atoms with Gasteiger partial charge in [-0.05, 0) is 103 Å². The van der Waals surface area contributed by atoms with Crippen molar-refractivity contribution in [1.82, 2.24) is 26.6 Å². The zero-order valence-electron chi connectivity index (χ0n) is 37.3. The van der Waals surface area contributed by atoms with Crippen LogP contribution in [0.2, 0.25) is 0 Å². The molecule has 3 aliphatic heterocycles. The largest absolute Gasteiger partial charge is 0.508 e. The summed E-state index contributed by atoms with van der Waals surface area (Å²) in [5.41, 5.74) is 8.93. The third kappa shape index (κ3) is 11.8. The van der Waals surface area contributed by atoms with Crippen LogP contribution in [0.3, 0.4) is 0 Å². The number of nitrogens with one attached hydrogen (secondary N) is 5. The number of benzene rings is 4. The van der Waals surface area contributed by atoms with Crippen molar-refractivity contribution in [2.24, 2.45) is 5.73 Å². The van der Waals surface area contributed by atoms with Crippen LogP contribution in [0, 0.1) is 0 Å². The molecule has 4 heterocycles. The second kappa shape index (κ2) is 21.1. The van der Waals surface area contributed by atoms with Crippen molar-refractivity contribution in [3.8, 4) is 11.5 Å². The molecular formula is C50H56N6O10S. The fourth-order valence-corrected chi connectivity index (χ4v) is 9.57. The van der Waals surface area contributed by atoms with Crippen LogP contribution in [-0.2, 0) is 64.1 Å². The number of aromatic hydroxyl groups is 1. The lowest BCUT2D eigenvalue weighted by molar-refractivity contribution is -0.208. The number of carbonyl (C=O) groups excluding carboxylic acids is 5. The van der Waals surface area contributed by atoms with E-state index >= 15 is 0 Å². The maximum absolute atomic E-state index is 14.7. The first-order chi connectivity index (χ1) is 32.3. The molecule has 5 aromatic rings. The molecule has 0 radical (unpaired) electrons. The quantitative estimate of drug-likeness (QED) is 0.0844. The first-order valence-corrected chi connectivity index (χ1v) is 23.4. The van der Waals surface area contributed by atoms with Gasteiger partial charge in [0.1, 0.15) is 48.4 Å².